The van der Waals surface area contributed by atoms with Gasteiger partial charge in [-0.25, -0.2) is 13.8 Å². The lowest BCUT2D eigenvalue weighted by atomic mass is 10.2. The molecule has 1 amide bonds. The first-order valence-corrected chi connectivity index (χ1v) is 12.0. The lowest BCUT2D eigenvalue weighted by molar-refractivity contribution is -0.121. The third-order valence-electron chi connectivity index (χ3n) is 4.34. The van der Waals surface area contributed by atoms with E-state index in [1.807, 2.05) is 0 Å². The summed E-state index contributed by atoms with van der Waals surface area (Å²) in [5.41, 5.74) is 3.67. The molecule has 3 aromatic carbocycles. The van der Waals surface area contributed by atoms with Crippen molar-refractivity contribution in [3.8, 4) is 5.75 Å². The molecule has 0 saturated heterocycles. The molecule has 0 atom stereocenters. The minimum absolute atomic E-state index is 0.0232. The quantitative estimate of drug-likeness (QED) is 0.334. The van der Waals surface area contributed by atoms with Crippen molar-refractivity contribution in [2.75, 3.05) is 6.54 Å². The van der Waals surface area contributed by atoms with Crippen LogP contribution in [-0.4, -0.2) is 36.5 Å². The Morgan fingerprint density at radius 3 is 2.28 bits per heavy atom. The molecule has 0 aliphatic carbocycles. The Morgan fingerprint density at radius 1 is 1.03 bits per heavy atom. The van der Waals surface area contributed by atoms with Gasteiger partial charge in [-0.3, -0.25) is 4.79 Å². The summed E-state index contributed by atoms with van der Waals surface area (Å²) >= 11 is 9.21. The number of hydrazone groups is 1. The van der Waals surface area contributed by atoms with Crippen LogP contribution in [-0.2, 0) is 21.4 Å². The van der Waals surface area contributed by atoms with Crippen molar-refractivity contribution in [1.82, 2.24) is 9.73 Å². The lowest BCUT2D eigenvalue weighted by Gasteiger charge is -2.21. The monoisotopic (exact) mass is 535 g/mol. The number of carbonyl (C=O) groups excluding carboxylic acids is 1. The van der Waals surface area contributed by atoms with Gasteiger partial charge in [-0.05, 0) is 71.8 Å². The van der Waals surface area contributed by atoms with Gasteiger partial charge in [-0.1, -0.05) is 39.7 Å². The summed E-state index contributed by atoms with van der Waals surface area (Å²) in [6.07, 6.45) is 1.39. The molecule has 0 heterocycles. The molecule has 32 heavy (non-hydrogen) atoms. The highest BCUT2D eigenvalue weighted by Crippen LogP contribution is 2.21. The van der Waals surface area contributed by atoms with Gasteiger partial charge in [-0.15, -0.1) is 0 Å². The largest absolute Gasteiger partial charge is 0.508 e. The van der Waals surface area contributed by atoms with Crippen molar-refractivity contribution in [3.05, 3.63) is 93.4 Å². The summed E-state index contributed by atoms with van der Waals surface area (Å²) in [6.45, 7) is -0.460. The highest BCUT2D eigenvalue weighted by atomic mass is 79.9. The Bertz CT molecular complexity index is 1200. The summed E-state index contributed by atoms with van der Waals surface area (Å²) in [5.74, 6) is -0.489. The van der Waals surface area contributed by atoms with Gasteiger partial charge in [0.15, 0.2) is 0 Å². The fraction of sp³-hybridized carbons (Fsp3) is 0.0909. The number of rotatable bonds is 8. The number of halogens is 2. The van der Waals surface area contributed by atoms with Crippen molar-refractivity contribution in [2.45, 2.75) is 11.4 Å². The molecule has 0 aliphatic heterocycles. The number of sulfonamides is 1. The van der Waals surface area contributed by atoms with Crippen molar-refractivity contribution in [1.29, 1.82) is 0 Å². The molecule has 7 nitrogen and oxygen atoms in total. The molecular weight excluding hydrogens is 518 g/mol. The van der Waals surface area contributed by atoms with E-state index in [0.717, 1.165) is 8.78 Å². The summed E-state index contributed by atoms with van der Waals surface area (Å²) < 4.78 is 28.3. The molecule has 3 rings (SSSR count). The molecule has 0 unspecified atom stereocenters. The third kappa shape index (κ3) is 6.64. The number of phenols is 1. The van der Waals surface area contributed by atoms with Gasteiger partial charge in [-0.2, -0.15) is 9.41 Å². The summed E-state index contributed by atoms with van der Waals surface area (Å²) in [5, 5.41) is 13.7. The normalized spacial score (nSPS) is 11.7. The van der Waals surface area contributed by atoms with E-state index in [2.05, 4.69) is 26.5 Å². The van der Waals surface area contributed by atoms with Crippen LogP contribution >= 0.6 is 27.5 Å². The molecule has 0 radical (unpaired) electrons. The fourth-order valence-electron chi connectivity index (χ4n) is 2.71. The standard InChI is InChI=1S/C22H19BrClN3O4S/c23-18-5-11-21(12-6-18)32(30,31)27(14-17-1-7-19(24)8-2-17)15-22(29)26-25-13-16-3-9-20(28)10-4-16/h1-13,28H,14-15H2,(H,26,29)/b25-13-. The molecule has 166 valence electrons. The average molecular weight is 537 g/mol. The number of amides is 1. The predicted molar refractivity (Wildman–Crippen MR) is 127 cm³/mol. The molecule has 10 heteroatoms. The molecule has 0 aliphatic rings. The Labute approximate surface area is 199 Å². The van der Waals surface area contributed by atoms with Crippen molar-refractivity contribution >= 4 is 49.7 Å². The topological polar surface area (TPSA) is 99.1 Å². The maximum absolute atomic E-state index is 13.2. The maximum atomic E-state index is 13.2. The highest BCUT2D eigenvalue weighted by Gasteiger charge is 2.27. The second-order valence-electron chi connectivity index (χ2n) is 6.74. The molecule has 0 saturated carbocycles. The van der Waals surface area contributed by atoms with E-state index in [1.54, 1.807) is 48.5 Å². The molecule has 0 fully saturated rings. The van der Waals surface area contributed by atoms with E-state index in [1.165, 1.54) is 30.5 Å². The Hall–Kier alpha value is -2.72. The van der Waals surface area contributed by atoms with Gasteiger partial charge in [0.2, 0.25) is 10.0 Å². The number of phenolic OH excluding ortho intramolecular Hbond substituents is 1. The Balaban J connectivity index is 1.78. The number of aromatic hydroxyl groups is 1. The second kappa shape index (κ2) is 10.7. The smallest absolute Gasteiger partial charge is 0.255 e. The zero-order valence-electron chi connectivity index (χ0n) is 16.7. The third-order valence-corrected chi connectivity index (χ3v) is 6.93. The SMILES string of the molecule is O=C(CN(Cc1ccc(Cl)cc1)S(=O)(=O)c1ccc(Br)cc1)N/N=C\c1ccc(O)cc1. The van der Waals surface area contributed by atoms with Crippen LogP contribution in [0.15, 0.2) is 87.3 Å². The first-order valence-electron chi connectivity index (χ1n) is 9.35. The average Bonchev–Trinajstić information content (AvgIpc) is 2.76. The van der Waals surface area contributed by atoms with E-state index in [0.29, 0.717) is 16.1 Å². The maximum Gasteiger partial charge on any atom is 0.255 e. The molecule has 0 spiro atoms. The molecule has 3 aromatic rings. The molecule has 0 bridgehead atoms. The van der Waals surface area contributed by atoms with E-state index in [4.69, 9.17) is 11.6 Å². The number of nitrogens with zero attached hydrogens (tertiary/aromatic N) is 2. The van der Waals surface area contributed by atoms with E-state index in [9.17, 15) is 18.3 Å². The van der Waals surface area contributed by atoms with Crippen LogP contribution in [0.25, 0.3) is 0 Å². The molecule has 0 aromatic heterocycles. The van der Waals surface area contributed by atoms with E-state index >= 15 is 0 Å². The summed E-state index contributed by atoms with van der Waals surface area (Å²) in [7, 11) is -3.96. The van der Waals surface area contributed by atoms with E-state index in [-0.39, 0.29) is 17.2 Å². The van der Waals surface area contributed by atoms with Crippen LogP contribution in [0.4, 0.5) is 0 Å². The van der Waals surface area contributed by atoms with Gasteiger partial charge in [0.05, 0.1) is 17.7 Å². The van der Waals surface area contributed by atoms with Crippen LogP contribution in [0.2, 0.25) is 5.02 Å². The fourth-order valence-corrected chi connectivity index (χ4v) is 4.48. The number of hydrogen-bond donors (Lipinski definition) is 2. The molecule has 2 N–H and O–H groups in total. The minimum Gasteiger partial charge on any atom is -0.508 e. The van der Waals surface area contributed by atoms with Crippen LogP contribution in [0.3, 0.4) is 0 Å². The lowest BCUT2D eigenvalue weighted by Crippen LogP contribution is -2.39. The second-order valence-corrected chi connectivity index (χ2v) is 10.0. The van der Waals surface area contributed by atoms with Gasteiger partial charge in [0, 0.05) is 16.0 Å². The summed E-state index contributed by atoms with van der Waals surface area (Å²) in [4.78, 5) is 12.5. The van der Waals surface area contributed by atoms with Crippen molar-refractivity contribution < 1.29 is 18.3 Å². The number of nitrogens with one attached hydrogen (secondary N) is 1. The predicted octanol–water partition coefficient (Wildman–Crippen LogP) is 4.15. The number of carbonyl (C=O) groups is 1. The van der Waals surface area contributed by atoms with Crippen LogP contribution in [0, 0.1) is 0 Å². The van der Waals surface area contributed by atoms with E-state index < -0.39 is 22.5 Å². The first-order chi connectivity index (χ1) is 15.2. The first kappa shape index (κ1) is 23.9. The number of hydrogen-bond acceptors (Lipinski definition) is 5. The van der Waals surface area contributed by atoms with Crippen LogP contribution < -0.4 is 5.43 Å². The van der Waals surface area contributed by atoms with Crippen LogP contribution in [0.5, 0.6) is 5.75 Å². The number of benzene rings is 3. The summed E-state index contributed by atoms with van der Waals surface area (Å²) in [6, 6.07) is 19.1. The Morgan fingerprint density at radius 2 is 1.66 bits per heavy atom. The molecular formula is C22H19BrClN3O4S. The van der Waals surface area contributed by atoms with Gasteiger partial charge in [0.25, 0.3) is 5.91 Å². The van der Waals surface area contributed by atoms with Gasteiger partial charge >= 0.3 is 0 Å². The van der Waals surface area contributed by atoms with Crippen molar-refractivity contribution in [2.24, 2.45) is 5.10 Å². The zero-order chi connectivity index (χ0) is 23.1. The highest BCUT2D eigenvalue weighted by molar-refractivity contribution is 9.10. The van der Waals surface area contributed by atoms with Crippen molar-refractivity contribution in [3.63, 3.8) is 0 Å². The Kier molecular flexibility index (Phi) is 8.03. The van der Waals surface area contributed by atoms with Gasteiger partial charge < -0.3 is 5.11 Å². The van der Waals surface area contributed by atoms with Crippen LogP contribution in [0.1, 0.15) is 11.1 Å². The zero-order valence-corrected chi connectivity index (χ0v) is 19.8. The van der Waals surface area contributed by atoms with Gasteiger partial charge in [0.1, 0.15) is 5.75 Å². The minimum atomic E-state index is -3.96.